The largest absolute Gasteiger partial charge is 0.481 e. The van der Waals surface area contributed by atoms with Crippen molar-refractivity contribution in [2.45, 2.75) is 12.3 Å². The van der Waals surface area contributed by atoms with Crippen LogP contribution >= 0.6 is 28.4 Å². The van der Waals surface area contributed by atoms with E-state index in [4.69, 9.17) is 5.11 Å². The highest BCUT2D eigenvalue weighted by Gasteiger charge is 2.44. The van der Waals surface area contributed by atoms with Crippen molar-refractivity contribution in [2.24, 2.45) is 5.92 Å². The van der Waals surface area contributed by atoms with Crippen molar-refractivity contribution in [3.63, 3.8) is 0 Å². The molecule has 1 aliphatic carbocycles. The Kier molecular flexibility index (Phi) is 2.55. The van der Waals surface area contributed by atoms with Crippen LogP contribution in [-0.4, -0.2) is 20.6 Å². The van der Waals surface area contributed by atoms with Gasteiger partial charge < -0.3 is 5.11 Å². The molecular formula is C7H8IN2O2P. The lowest BCUT2D eigenvalue weighted by atomic mass is 10.2. The summed E-state index contributed by atoms with van der Waals surface area (Å²) in [5.41, 5.74) is 1.07. The molecule has 1 fully saturated rings. The topological polar surface area (TPSA) is 55.1 Å². The molecule has 6 heteroatoms. The van der Waals surface area contributed by atoms with Gasteiger partial charge in [0.2, 0.25) is 0 Å². The van der Waals surface area contributed by atoms with E-state index in [9.17, 15) is 4.79 Å². The van der Waals surface area contributed by atoms with Crippen molar-refractivity contribution in [2.75, 3.05) is 0 Å². The maximum Gasteiger partial charge on any atom is 0.307 e. The van der Waals surface area contributed by atoms with Crippen molar-refractivity contribution >= 4 is 34.4 Å². The molecule has 1 saturated carbocycles. The molecule has 4 nitrogen and oxygen atoms in total. The summed E-state index contributed by atoms with van der Waals surface area (Å²) in [4.78, 5) is 10.6. The first kappa shape index (κ1) is 9.40. The summed E-state index contributed by atoms with van der Waals surface area (Å²) in [5.74, 6) is -0.649. The third-order valence-electron chi connectivity index (χ3n) is 2.22. The van der Waals surface area contributed by atoms with E-state index >= 15 is 0 Å². The van der Waals surface area contributed by atoms with Gasteiger partial charge in [-0.1, -0.05) is 0 Å². The lowest BCUT2D eigenvalue weighted by Crippen LogP contribution is -1.98. The molecule has 0 radical (unpaired) electrons. The first-order valence-corrected chi connectivity index (χ1v) is 7.92. The summed E-state index contributed by atoms with van der Waals surface area (Å²) in [6.07, 6.45) is 5.08. The van der Waals surface area contributed by atoms with Gasteiger partial charge in [-0.15, -0.1) is 0 Å². The lowest BCUT2D eigenvalue weighted by molar-refractivity contribution is -0.138. The molecule has 13 heavy (non-hydrogen) atoms. The average molecular weight is 310 g/mol. The van der Waals surface area contributed by atoms with Crippen LogP contribution in [0.3, 0.4) is 0 Å². The van der Waals surface area contributed by atoms with Crippen LogP contribution in [0.15, 0.2) is 12.4 Å². The van der Waals surface area contributed by atoms with Crippen LogP contribution < -0.4 is 0 Å². The Balaban J connectivity index is 2.07. The quantitative estimate of drug-likeness (QED) is 0.685. The lowest BCUT2D eigenvalue weighted by Gasteiger charge is -1.90. The zero-order valence-corrected chi connectivity index (χ0v) is 9.80. The van der Waals surface area contributed by atoms with Crippen LogP contribution in [-0.2, 0) is 4.79 Å². The van der Waals surface area contributed by atoms with Crippen molar-refractivity contribution in [1.82, 2.24) is 9.55 Å². The predicted octanol–water partition coefficient (Wildman–Crippen LogP) is 1.86. The molecule has 1 heterocycles. The Hall–Kier alpha value is -0.160. The Bertz CT molecular complexity index is 341. The van der Waals surface area contributed by atoms with Gasteiger partial charge in [0.15, 0.2) is 0 Å². The number of carbonyl (C=O) groups is 1. The van der Waals surface area contributed by atoms with E-state index in [1.165, 1.54) is 0 Å². The molecule has 0 saturated heterocycles. The summed E-state index contributed by atoms with van der Waals surface area (Å²) >= 11 is 2.24. The van der Waals surface area contributed by atoms with Gasteiger partial charge in [0.1, 0.15) is 0 Å². The van der Waals surface area contributed by atoms with Crippen molar-refractivity contribution in [3.05, 3.63) is 18.0 Å². The van der Waals surface area contributed by atoms with Gasteiger partial charge in [0, 0.05) is 12.1 Å². The molecule has 1 aromatic rings. The highest BCUT2D eigenvalue weighted by atomic mass is 127. The molecular weight excluding hydrogens is 302 g/mol. The molecule has 0 amide bonds. The number of hydrogen-bond acceptors (Lipinski definition) is 2. The van der Waals surface area contributed by atoms with E-state index in [2.05, 4.69) is 27.1 Å². The number of carboxylic acid groups (broad SMARTS) is 1. The fourth-order valence-corrected chi connectivity index (χ4v) is 2.50. The van der Waals surface area contributed by atoms with Gasteiger partial charge in [-0.2, -0.15) is 5.10 Å². The van der Waals surface area contributed by atoms with Gasteiger partial charge in [-0.3, -0.25) is 4.79 Å². The van der Waals surface area contributed by atoms with Crippen LogP contribution in [0, 0.1) is 5.92 Å². The number of rotatable bonds is 3. The number of halogens is 1. The molecule has 2 rings (SSSR count). The second kappa shape index (κ2) is 3.53. The molecule has 1 aromatic heterocycles. The number of aromatic nitrogens is 2. The summed E-state index contributed by atoms with van der Waals surface area (Å²) in [5, 5.41) is 12.8. The van der Waals surface area contributed by atoms with Crippen LogP contribution in [0.4, 0.5) is 0 Å². The smallest absolute Gasteiger partial charge is 0.307 e. The first-order valence-electron chi connectivity index (χ1n) is 3.86. The second-order valence-corrected chi connectivity index (χ2v) is 5.16. The van der Waals surface area contributed by atoms with Crippen LogP contribution in [0.2, 0.25) is 0 Å². The molecule has 1 N–H and O–H groups in total. The maximum absolute atomic E-state index is 10.6. The van der Waals surface area contributed by atoms with Crippen LogP contribution in [0.5, 0.6) is 0 Å². The van der Waals surface area contributed by atoms with E-state index in [1.54, 1.807) is 6.20 Å². The number of aliphatic carboxylic acids is 1. The minimum atomic E-state index is -0.685. The van der Waals surface area contributed by atoms with Crippen LogP contribution in [0.25, 0.3) is 0 Å². The van der Waals surface area contributed by atoms with Gasteiger partial charge >= 0.3 is 5.97 Å². The summed E-state index contributed by atoms with van der Waals surface area (Å²) < 4.78 is 1.84. The van der Waals surface area contributed by atoms with Crippen molar-refractivity contribution in [3.8, 4) is 0 Å². The summed E-state index contributed by atoms with van der Waals surface area (Å²) in [6.45, 7) is 0. The van der Waals surface area contributed by atoms with Crippen molar-refractivity contribution in [1.29, 1.82) is 0 Å². The second-order valence-electron chi connectivity index (χ2n) is 3.09. The zero-order chi connectivity index (χ0) is 9.42. The minimum Gasteiger partial charge on any atom is -0.481 e. The molecule has 0 spiro atoms. The summed E-state index contributed by atoms with van der Waals surface area (Å²) in [7, 11) is 0. The maximum atomic E-state index is 10.6. The zero-order valence-electron chi connectivity index (χ0n) is 6.64. The van der Waals surface area contributed by atoms with Gasteiger partial charge in [-0.25, -0.2) is 4.45 Å². The molecule has 0 aromatic carbocycles. The number of nitrogens with zero attached hydrogens (tertiary/aromatic N) is 2. The molecule has 70 valence electrons. The molecule has 1 unspecified atom stereocenters. The third-order valence-corrected chi connectivity index (χ3v) is 4.13. The van der Waals surface area contributed by atoms with Crippen LogP contribution in [0.1, 0.15) is 17.9 Å². The van der Waals surface area contributed by atoms with E-state index in [1.807, 2.05) is 10.6 Å². The van der Waals surface area contributed by atoms with Gasteiger partial charge in [0.25, 0.3) is 0 Å². The predicted molar refractivity (Wildman–Crippen MR) is 58.4 cm³/mol. The molecule has 0 aliphatic heterocycles. The van der Waals surface area contributed by atoms with E-state index in [-0.39, 0.29) is 11.8 Å². The van der Waals surface area contributed by atoms with Crippen molar-refractivity contribution < 1.29 is 9.90 Å². The molecule has 1 aliphatic rings. The van der Waals surface area contributed by atoms with Gasteiger partial charge in [0.05, 0.1) is 18.5 Å². The standard InChI is InChI=1S/C7H8IN2O2P/c8-13-10-3-4(2-9-10)5-1-6(5)7(11)12/h2-3,5-6,13H,1H2,(H,11,12)/t5-,6+/m0/s1. The summed E-state index contributed by atoms with van der Waals surface area (Å²) in [6, 6.07) is 0. The normalized spacial score (nSPS) is 26.8. The fourth-order valence-electron chi connectivity index (χ4n) is 1.41. The van der Waals surface area contributed by atoms with Gasteiger partial charge in [-0.05, 0) is 34.0 Å². The Morgan fingerprint density at radius 2 is 2.62 bits per heavy atom. The molecule has 0 bridgehead atoms. The van der Waals surface area contributed by atoms with E-state index < -0.39 is 5.97 Å². The Morgan fingerprint density at radius 3 is 3.08 bits per heavy atom. The fraction of sp³-hybridized carbons (Fsp3) is 0.429. The number of hydrogen-bond donors (Lipinski definition) is 1. The highest BCUT2D eigenvalue weighted by molar-refractivity contribution is 14.2. The third kappa shape index (κ3) is 1.86. The SMILES string of the molecule is O=C(O)[C@@H]1C[C@H]1c1cnn(PI)c1. The Morgan fingerprint density at radius 1 is 1.85 bits per heavy atom. The first-order chi connectivity index (χ1) is 6.22. The average Bonchev–Trinajstić information content (AvgIpc) is 2.78. The number of carboxylic acids is 1. The highest BCUT2D eigenvalue weighted by Crippen LogP contribution is 2.47. The monoisotopic (exact) mass is 310 g/mol. The van der Waals surface area contributed by atoms with E-state index in [0.717, 1.165) is 12.0 Å². The Labute approximate surface area is 90.0 Å². The molecule has 3 atom stereocenters. The van der Waals surface area contributed by atoms with E-state index in [0.29, 0.717) is 6.37 Å². The minimum absolute atomic E-state index is 0.171.